The molecule has 1 N–H and O–H groups in total. The van der Waals surface area contributed by atoms with Crippen molar-refractivity contribution in [2.75, 3.05) is 43.0 Å². The standard InChI is InChI=1S/C30H40FN3O2/c1-2-20-36-28-21-24(31)13-15-27(28)33-16-18-34(19-17-33)29(30(35)23-9-4-3-5-10-23)26-14-12-22-8-6-7-11-25(22)32-26/h6-8,11,13,15,21,23,26,29,32H,2-5,9-10,12,14,16-20H2,1H3. The van der Waals surface area contributed by atoms with Crippen LogP contribution in [0.1, 0.15) is 57.4 Å². The molecular weight excluding hydrogens is 453 g/mol. The molecule has 6 heteroatoms. The maximum absolute atomic E-state index is 14.0. The molecule has 1 aliphatic carbocycles. The van der Waals surface area contributed by atoms with Crippen molar-refractivity contribution in [2.24, 2.45) is 5.92 Å². The number of ether oxygens (including phenoxy) is 1. The molecule has 2 unspecified atom stereocenters. The first kappa shape index (κ1) is 25.1. The number of carbonyl (C=O) groups is 1. The SMILES string of the molecule is CCCOc1cc(F)ccc1N1CCN(C(C(=O)C2CCCCC2)C2CCc3ccccc3N2)CC1. The Morgan fingerprint density at radius 3 is 2.61 bits per heavy atom. The van der Waals surface area contributed by atoms with Gasteiger partial charge < -0.3 is 15.0 Å². The summed E-state index contributed by atoms with van der Waals surface area (Å²) in [5, 5.41) is 3.76. The van der Waals surface area contributed by atoms with E-state index in [1.54, 1.807) is 0 Å². The van der Waals surface area contributed by atoms with Gasteiger partial charge in [-0.25, -0.2) is 4.39 Å². The highest BCUT2D eigenvalue weighted by atomic mass is 19.1. The Labute approximate surface area is 215 Å². The van der Waals surface area contributed by atoms with Crippen molar-refractivity contribution in [2.45, 2.75) is 70.4 Å². The summed E-state index contributed by atoms with van der Waals surface area (Å²) in [6, 6.07) is 13.4. The molecule has 0 radical (unpaired) electrons. The number of para-hydroxylation sites is 1. The number of Topliss-reactive ketones (excluding diaryl/α,β-unsaturated/α-hetero) is 1. The van der Waals surface area contributed by atoms with Crippen molar-refractivity contribution < 1.29 is 13.9 Å². The minimum absolute atomic E-state index is 0.104. The second kappa shape index (κ2) is 11.6. The maximum Gasteiger partial charge on any atom is 0.155 e. The van der Waals surface area contributed by atoms with Gasteiger partial charge in [0.05, 0.1) is 18.3 Å². The van der Waals surface area contributed by atoms with Gasteiger partial charge in [0.1, 0.15) is 11.6 Å². The van der Waals surface area contributed by atoms with Gasteiger partial charge in [0.2, 0.25) is 0 Å². The van der Waals surface area contributed by atoms with Crippen molar-refractivity contribution in [3.05, 3.63) is 53.8 Å². The van der Waals surface area contributed by atoms with Gasteiger partial charge >= 0.3 is 0 Å². The van der Waals surface area contributed by atoms with Crippen LogP contribution in [0.3, 0.4) is 0 Å². The highest BCUT2D eigenvalue weighted by Crippen LogP contribution is 2.34. The van der Waals surface area contributed by atoms with E-state index in [2.05, 4.69) is 46.3 Å². The van der Waals surface area contributed by atoms with E-state index in [0.717, 1.165) is 64.0 Å². The molecule has 2 atom stereocenters. The van der Waals surface area contributed by atoms with E-state index in [0.29, 0.717) is 18.1 Å². The average Bonchev–Trinajstić information content (AvgIpc) is 2.93. The number of halogens is 1. The lowest BCUT2D eigenvalue weighted by Gasteiger charge is -2.45. The van der Waals surface area contributed by atoms with Gasteiger partial charge in [-0.2, -0.15) is 0 Å². The Morgan fingerprint density at radius 1 is 1.06 bits per heavy atom. The molecular formula is C30H40FN3O2. The molecule has 5 rings (SSSR count). The van der Waals surface area contributed by atoms with Crippen molar-refractivity contribution in [1.82, 2.24) is 4.90 Å². The summed E-state index contributed by atoms with van der Waals surface area (Å²) in [6.45, 7) is 5.85. The fraction of sp³-hybridized carbons (Fsp3) is 0.567. The van der Waals surface area contributed by atoms with Crippen LogP contribution in [-0.4, -0.2) is 55.6 Å². The number of piperazine rings is 1. The average molecular weight is 494 g/mol. The van der Waals surface area contributed by atoms with Crippen molar-refractivity contribution >= 4 is 17.2 Å². The molecule has 1 saturated heterocycles. The zero-order valence-corrected chi connectivity index (χ0v) is 21.6. The molecule has 2 fully saturated rings. The number of anilines is 2. The number of hydrogen-bond donors (Lipinski definition) is 1. The van der Waals surface area contributed by atoms with Crippen LogP contribution in [0, 0.1) is 11.7 Å². The van der Waals surface area contributed by atoms with E-state index in [4.69, 9.17) is 4.74 Å². The van der Waals surface area contributed by atoms with Crippen molar-refractivity contribution in [1.29, 1.82) is 0 Å². The number of nitrogens with zero attached hydrogens (tertiary/aromatic N) is 2. The molecule has 2 aromatic carbocycles. The molecule has 2 aliphatic heterocycles. The van der Waals surface area contributed by atoms with E-state index in [-0.39, 0.29) is 23.8 Å². The summed E-state index contributed by atoms with van der Waals surface area (Å²) in [6.07, 6.45) is 8.53. The van der Waals surface area contributed by atoms with Crippen molar-refractivity contribution in [3.8, 4) is 5.75 Å². The van der Waals surface area contributed by atoms with E-state index < -0.39 is 0 Å². The van der Waals surface area contributed by atoms with Crippen LogP contribution >= 0.6 is 0 Å². The van der Waals surface area contributed by atoms with Crippen LogP contribution in [0.25, 0.3) is 0 Å². The van der Waals surface area contributed by atoms with Crippen LogP contribution < -0.4 is 15.0 Å². The van der Waals surface area contributed by atoms with Gasteiger partial charge in [0.15, 0.2) is 5.78 Å². The summed E-state index contributed by atoms with van der Waals surface area (Å²) in [4.78, 5) is 18.7. The third-order valence-corrected chi connectivity index (χ3v) is 8.20. The second-order valence-corrected chi connectivity index (χ2v) is 10.6. The molecule has 0 bridgehead atoms. The van der Waals surface area contributed by atoms with Gasteiger partial charge in [0, 0.05) is 49.9 Å². The molecule has 5 nitrogen and oxygen atoms in total. The van der Waals surface area contributed by atoms with E-state index in [1.807, 2.05) is 6.07 Å². The zero-order valence-electron chi connectivity index (χ0n) is 21.6. The van der Waals surface area contributed by atoms with Gasteiger partial charge in [-0.3, -0.25) is 9.69 Å². The molecule has 194 valence electrons. The Morgan fingerprint density at radius 2 is 1.83 bits per heavy atom. The number of hydrogen-bond acceptors (Lipinski definition) is 5. The number of nitrogens with one attached hydrogen (secondary N) is 1. The minimum Gasteiger partial charge on any atom is -0.491 e. The summed E-state index contributed by atoms with van der Waals surface area (Å²) in [5.41, 5.74) is 3.47. The normalized spacial score (nSPS) is 21.9. The van der Waals surface area contributed by atoms with Gasteiger partial charge in [-0.15, -0.1) is 0 Å². The lowest BCUT2D eigenvalue weighted by molar-refractivity contribution is -0.130. The monoisotopic (exact) mass is 493 g/mol. The topological polar surface area (TPSA) is 44.8 Å². The molecule has 2 aromatic rings. The largest absolute Gasteiger partial charge is 0.491 e. The van der Waals surface area contributed by atoms with Gasteiger partial charge in [0.25, 0.3) is 0 Å². The van der Waals surface area contributed by atoms with Crippen LogP contribution in [-0.2, 0) is 11.2 Å². The zero-order chi connectivity index (χ0) is 24.9. The van der Waals surface area contributed by atoms with Crippen LogP contribution in [0.2, 0.25) is 0 Å². The van der Waals surface area contributed by atoms with Crippen LogP contribution in [0.15, 0.2) is 42.5 Å². The minimum atomic E-state index is -0.273. The van der Waals surface area contributed by atoms with E-state index >= 15 is 0 Å². The number of ketones is 1. The third-order valence-electron chi connectivity index (χ3n) is 8.20. The summed E-state index contributed by atoms with van der Waals surface area (Å²) >= 11 is 0. The molecule has 2 heterocycles. The van der Waals surface area contributed by atoms with Crippen LogP contribution in [0.4, 0.5) is 15.8 Å². The van der Waals surface area contributed by atoms with Crippen LogP contribution in [0.5, 0.6) is 5.75 Å². The highest BCUT2D eigenvalue weighted by Gasteiger charge is 2.40. The van der Waals surface area contributed by atoms with Gasteiger partial charge in [-0.05, 0) is 55.9 Å². The first-order valence-electron chi connectivity index (χ1n) is 13.9. The molecule has 3 aliphatic rings. The smallest absolute Gasteiger partial charge is 0.155 e. The summed E-state index contributed by atoms with van der Waals surface area (Å²) < 4.78 is 19.8. The number of rotatable bonds is 8. The predicted octanol–water partition coefficient (Wildman–Crippen LogP) is 5.68. The third kappa shape index (κ3) is 5.54. The highest BCUT2D eigenvalue weighted by molar-refractivity contribution is 5.88. The number of aryl methyl sites for hydroxylation is 1. The van der Waals surface area contributed by atoms with E-state index in [1.165, 1.54) is 42.6 Å². The van der Waals surface area contributed by atoms with E-state index in [9.17, 15) is 9.18 Å². The molecule has 36 heavy (non-hydrogen) atoms. The quantitative estimate of drug-likeness (QED) is 0.513. The molecule has 1 saturated carbocycles. The number of benzene rings is 2. The molecule has 0 spiro atoms. The first-order chi connectivity index (χ1) is 17.6. The number of carbonyl (C=O) groups excluding carboxylic acids is 1. The first-order valence-corrected chi connectivity index (χ1v) is 13.9. The lowest BCUT2D eigenvalue weighted by atomic mass is 9.80. The second-order valence-electron chi connectivity index (χ2n) is 10.6. The fourth-order valence-corrected chi connectivity index (χ4v) is 6.28. The summed E-state index contributed by atoms with van der Waals surface area (Å²) in [5.74, 6) is 0.969. The maximum atomic E-state index is 14.0. The Bertz CT molecular complexity index is 1030. The fourth-order valence-electron chi connectivity index (χ4n) is 6.28. The Balaban J connectivity index is 1.33. The van der Waals surface area contributed by atoms with Crippen molar-refractivity contribution in [3.63, 3.8) is 0 Å². The number of fused-ring (bicyclic) bond motifs is 1. The summed E-state index contributed by atoms with van der Waals surface area (Å²) in [7, 11) is 0. The predicted molar refractivity (Wildman–Crippen MR) is 144 cm³/mol. The Hall–Kier alpha value is -2.60. The lowest BCUT2D eigenvalue weighted by Crippen LogP contribution is -2.60. The molecule has 0 aromatic heterocycles. The molecule has 0 amide bonds. The Kier molecular flexibility index (Phi) is 8.10. The van der Waals surface area contributed by atoms with Gasteiger partial charge in [-0.1, -0.05) is 44.4 Å².